The summed E-state index contributed by atoms with van der Waals surface area (Å²) in [5, 5.41) is 1.40. The smallest absolute Gasteiger partial charge is 0.303 e. The van der Waals surface area contributed by atoms with E-state index in [9.17, 15) is 4.79 Å². The normalized spacial score (nSPS) is 13.2. The maximum atomic E-state index is 11.1. The van der Waals surface area contributed by atoms with Crippen molar-refractivity contribution >= 4 is 19.2 Å². The van der Waals surface area contributed by atoms with Crippen molar-refractivity contribution in [1.29, 1.82) is 0 Å². The highest BCUT2D eigenvalue weighted by atomic mass is 28.3. The molecule has 0 saturated carbocycles. The predicted molar refractivity (Wildman–Crippen MR) is 74.2 cm³/mol. The summed E-state index contributed by atoms with van der Waals surface area (Å²) in [5.74, 6) is -0.213. The molecule has 1 aromatic rings. The minimum Gasteiger partial charge on any atom is -0.458 e. The van der Waals surface area contributed by atoms with Crippen LogP contribution in [0.15, 0.2) is 24.3 Å². The van der Waals surface area contributed by atoms with Gasteiger partial charge in [0.05, 0.1) is 8.07 Å². The van der Waals surface area contributed by atoms with E-state index in [4.69, 9.17) is 4.74 Å². The Hall–Kier alpha value is -1.09. The van der Waals surface area contributed by atoms with Crippen molar-refractivity contribution in [3.05, 3.63) is 29.8 Å². The molecule has 0 aromatic heterocycles. The lowest BCUT2D eigenvalue weighted by Gasteiger charge is -2.20. The van der Waals surface area contributed by atoms with Crippen LogP contribution >= 0.6 is 0 Å². The molecule has 0 bridgehead atoms. The molecular formula is C14H22O2Si. The molecule has 94 valence electrons. The van der Waals surface area contributed by atoms with Crippen LogP contribution in [0.2, 0.25) is 19.6 Å². The van der Waals surface area contributed by atoms with Crippen molar-refractivity contribution in [2.24, 2.45) is 0 Å². The van der Waals surface area contributed by atoms with Gasteiger partial charge in [-0.25, -0.2) is 0 Å². The molecule has 3 heteroatoms. The molecule has 0 amide bonds. The number of esters is 1. The summed E-state index contributed by atoms with van der Waals surface area (Å²) in [6.07, 6.45) is 0.707. The maximum Gasteiger partial charge on any atom is 0.303 e. The lowest BCUT2D eigenvalue weighted by molar-refractivity contribution is -0.146. The Labute approximate surface area is 105 Å². The third-order valence-electron chi connectivity index (χ3n) is 2.80. The van der Waals surface area contributed by atoms with E-state index < -0.39 is 8.07 Å². The molecule has 0 N–H and O–H groups in total. The molecular weight excluding hydrogens is 228 g/mol. The monoisotopic (exact) mass is 250 g/mol. The Morgan fingerprint density at radius 2 is 2.00 bits per heavy atom. The van der Waals surface area contributed by atoms with E-state index in [1.807, 2.05) is 13.0 Å². The van der Waals surface area contributed by atoms with Crippen LogP contribution in [0.3, 0.4) is 0 Å². The number of benzene rings is 1. The summed E-state index contributed by atoms with van der Waals surface area (Å²) in [6.45, 7) is 10.5. The standard InChI is InChI=1S/C14H22O2Si/c1-6-14(16-11(2)15)12-8-7-9-13(10-12)17(3,4)5/h7-10,14H,6H2,1-5H3/t14-/m1/s1. The zero-order valence-corrected chi connectivity index (χ0v) is 12.4. The second kappa shape index (κ2) is 5.49. The maximum absolute atomic E-state index is 11.1. The topological polar surface area (TPSA) is 26.3 Å². The van der Waals surface area contributed by atoms with Crippen LogP contribution in [0.25, 0.3) is 0 Å². The van der Waals surface area contributed by atoms with Gasteiger partial charge in [0.25, 0.3) is 0 Å². The van der Waals surface area contributed by atoms with Gasteiger partial charge in [0, 0.05) is 6.92 Å². The van der Waals surface area contributed by atoms with Crippen LogP contribution < -0.4 is 5.19 Å². The van der Waals surface area contributed by atoms with Gasteiger partial charge < -0.3 is 4.74 Å². The van der Waals surface area contributed by atoms with Crippen LogP contribution in [-0.2, 0) is 9.53 Å². The van der Waals surface area contributed by atoms with Crippen molar-refractivity contribution in [3.8, 4) is 0 Å². The lowest BCUT2D eigenvalue weighted by Crippen LogP contribution is -2.37. The minimum atomic E-state index is -1.30. The summed E-state index contributed by atoms with van der Waals surface area (Å²) < 4.78 is 5.33. The third kappa shape index (κ3) is 4.00. The summed E-state index contributed by atoms with van der Waals surface area (Å²) in [6, 6.07) is 8.48. The molecule has 1 aromatic carbocycles. The summed E-state index contributed by atoms with van der Waals surface area (Å²) in [7, 11) is -1.30. The SMILES string of the molecule is CC[C@@H](OC(C)=O)c1cccc([Si](C)(C)C)c1. The van der Waals surface area contributed by atoms with Crippen molar-refractivity contribution in [2.45, 2.75) is 46.0 Å². The first-order valence-corrected chi connectivity index (χ1v) is 9.62. The van der Waals surface area contributed by atoms with E-state index in [1.165, 1.54) is 12.1 Å². The molecule has 1 rings (SSSR count). The highest BCUT2D eigenvalue weighted by molar-refractivity contribution is 6.88. The van der Waals surface area contributed by atoms with Gasteiger partial charge in [0.15, 0.2) is 0 Å². The van der Waals surface area contributed by atoms with Crippen molar-refractivity contribution in [3.63, 3.8) is 0 Å². The Kier molecular flexibility index (Phi) is 4.51. The molecule has 0 fully saturated rings. The Morgan fingerprint density at radius 3 is 2.47 bits per heavy atom. The van der Waals surface area contributed by atoms with Gasteiger partial charge in [0.2, 0.25) is 0 Å². The summed E-state index contributed by atoms with van der Waals surface area (Å²) >= 11 is 0. The summed E-state index contributed by atoms with van der Waals surface area (Å²) in [5.41, 5.74) is 1.11. The van der Waals surface area contributed by atoms with E-state index in [0.29, 0.717) is 0 Å². The first-order chi connectivity index (χ1) is 7.84. The fourth-order valence-corrected chi connectivity index (χ4v) is 2.99. The molecule has 0 aliphatic heterocycles. The third-order valence-corrected chi connectivity index (χ3v) is 4.85. The van der Waals surface area contributed by atoms with Crippen molar-refractivity contribution in [1.82, 2.24) is 0 Å². The van der Waals surface area contributed by atoms with Gasteiger partial charge in [-0.1, -0.05) is 56.0 Å². The minimum absolute atomic E-state index is 0.108. The quantitative estimate of drug-likeness (QED) is 0.606. The molecule has 17 heavy (non-hydrogen) atoms. The predicted octanol–water partition coefficient (Wildman–Crippen LogP) is 3.25. The molecule has 2 nitrogen and oxygen atoms in total. The van der Waals surface area contributed by atoms with E-state index in [1.54, 1.807) is 0 Å². The van der Waals surface area contributed by atoms with E-state index in [2.05, 4.69) is 37.8 Å². The van der Waals surface area contributed by atoms with Crippen LogP contribution in [-0.4, -0.2) is 14.0 Å². The number of rotatable bonds is 4. The zero-order valence-electron chi connectivity index (χ0n) is 11.4. The molecule has 0 spiro atoms. The average molecular weight is 250 g/mol. The summed E-state index contributed by atoms with van der Waals surface area (Å²) in [4.78, 5) is 11.1. The number of ether oxygens (including phenoxy) is 1. The fourth-order valence-electron chi connectivity index (χ4n) is 1.79. The number of hydrogen-bond acceptors (Lipinski definition) is 2. The molecule has 0 aliphatic rings. The Balaban J connectivity index is 3.01. The highest BCUT2D eigenvalue weighted by Crippen LogP contribution is 2.21. The van der Waals surface area contributed by atoms with Crippen LogP contribution in [0, 0.1) is 0 Å². The second-order valence-electron chi connectivity index (χ2n) is 5.38. The van der Waals surface area contributed by atoms with Gasteiger partial charge in [-0.2, -0.15) is 0 Å². The van der Waals surface area contributed by atoms with Gasteiger partial charge >= 0.3 is 5.97 Å². The first kappa shape index (κ1) is 14.0. The van der Waals surface area contributed by atoms with Crippen molar-refractivity contribution < 1.29 is 9.53 Å². The van der Waals surface area contributed by atoms with E-state index in [-0.39, 0.29) is 12.1 Å². The lowest BCUT2D eigenvalue weighted by atomic mass is 10.1. The number of carbonyl (C=O) groups excluding carboxylic acids is 1. The molecule has 1 atom stereocenters. The Morgan fingerprint density at radius 1 is 1.35 bits per heavy atom. The zero-order chi connectivity index (χ0) is 13.1. The van der Waals surface area contributed by atoms with Gasteiger partial charge in [-0.05, 0) is 12.0 Å². The van der Waals surface area contributed by atoms with Crippen LogP contribution in [0.5, 0.6) is 0 Å². The second-order valence-corrected chi connectivity index (χ2v) is 10.5. The Bertz CT molecular complexity index is 393. The number of carbonyl (C=O) groups is 1. The molecule has 0 unspecified atom stereocenters. The molecule has 0 radical (unpaired) electrons. The van der Waals surface area contributed by atoms with Gasteiger partial charge in [-0.3, -0.25) is 4.79 Å². The fraction of sp³-hybridized carbons (Fsp3) is 0.500. The average Bonchev–Trinajstić information content (AvgIpc) is 2.24. The molecule has 0 heterocycles. The number of hydrogen-bond donors (Lipinski definition) is 0. The first-order valence-electron chi connectivity index (χ1n) is 6.12. The van der Waals surface area contributed by atoms with E-state index in [0.717, 1.165) is 12.0 Å². The molecule has 0 aliphatic carbocycles. The van der Waals surface area contributed by atoms with E-state index >= 15 is 0 Å². The van der Waals surface area contributed by atoms with Crippen LogP contribution in [0.4, 0.5) is 0 Å². The van der Waals surface area contributed by atoms with Gasteiger partial charge in [-0.15, -0.1) is 0 Å². The van der Waals surface area contributed by atoms with Gasteiger partial charge in [0.1, 0.15) is 6.10 Å². The van der Waals surface area contributed by atoms with Crippen LogP contribution in [0.1, 0.15) is 31.9 Å². The molecule has 0 saturated heterocycles. The highest BCUT2D eigenvalue weighted by Gasteiger charge is 2.19. The van der Waals surface area contributed by atoms with Crippen molar-refractivity contribution in [2.75, 3.05) is 0 Å². The largest absolute Gasteiger partial charge is 0.458 e.